The van der Waals surface area contributed by atoms with E-state index in [9.17, 15) is 9.59 Å². The average Bonchev–Trinajstić information content (AvgIpc) is 3.16. The number of carbonyl (C=O) groups is 2. The Bertz CT molecular complexity index is 703. The van der Waals surface area contributed by atoms with Crippen LogP contribution in [0.5, 0.6) is 11.5 Å². The summed E-state index contributed by atoms with van der Waals surface area (Å²) >= 11 is 0. The number of likely N-dealkylation sites (tertiary alicyclic amines) is 1. The molecule has 2 saturated heterocycles. The van der Waals surface area contributed by atoms with Gasteiger partial charge >= 0.3 is 6.03 Å². The van der Waals surface area contributed by atoms with E-state index in [-0.39, 0.29) is 18.0 Å². The third-order valence-corrected chi connectivity index (χ3v) is 5.60. The summed E-state index contributed by atoms with van der Waals surface area (Å²) in [6.45, 7) is 3.59. The van der Waals surface area contributed by atoms with E-state index in [0.717, 1.165) is 24.9 Å². The number of ether oxygens (including phenoxy) is 2. The number of carbonyl (C=O) groups excluding carboxylic acids is 2. The Morgan fingerprint density at radius 2 is 1.79 bits per heavy atom. The molecule has 3 rings (SSSR count). The third kappa shape index (κ3) is 4.32. The Hall–Kier alpha value is -2.48. The number of rotatable bonds is 5. The highest BCUT2D eigenvalue weighted by molar-refractivity contribution is 5.82. The first-order chi connectivity index (χ1) is 13.5. The predicted molar refractivity (Wildman–Crippen MR) is 106 cm³/mol. The first-order valence-corrected chi connectivity index (χ1v) is 9.76. The second kappa shape index (κ2) is 9.14. The summed E-state index contributed by atoms with van der Waals surface area (Å²) in [4.78, 5) is 31.0. The molecule has 0 spiro atoms. The van der Waals surface area contributed by atoms with Crippen LogP contribution in [0.15, 0.2) is 18.2 Å². The van der Waals surface area contributed by atoms with Crippen molar-refractivity contribution in [2.75, 3.05) is 54.0 Å². The van der Waals surface area contributed by atoms with Crippen molar-refractivity contribution < 1.29 is 19.1 Å². The molecule has 1 aromatic rings. The van der Waals surface area contributed by atoms with Gasteiger partial charge in [-0.1, -0.05) is 12.1 Å². The summed E-state index contributed by atoms with van der Waals surface area (Å²) in [5.74, 6) is 1.46. The molecule has 1 atom stereocenters. The number of methoxy groups -OCH3 is 2. The molecule has 3 amide bonds. The number of nitrogens with zero attached hydrogens (tertiary/aromatic N) is 3. The highest BCUT2D eigenvalue weighted by Gasteiger charge is 2.33. The minimum atomic E-state index is -0.130. The summed E-state index contributed by atoms with van der Waals surface area (Å²) in [5.41, 5.74) is 0.855. The van der Waals surface area contributed by atoms with E-state index in [0.29, 0.717) is 44.2 Å². The van der Waals surface area contributed by atoms with E-state index in [1.54, 1.807) is 19.1 Å². The van der Waals surface area contributed by atoms with Crippen LogP contribution in [0.4, 0.5) is 4.79 Å². The fraction of sp³-hybridized carbons (Fsp3) is 0.600. The maximum absolute atomic E-state index is 12.7. The number of urea groups is 1. The van der Waals surface area contributed by atoms with Crippen LogP contribution in [0.25, 0.3) is 0 Å². The van der Waals surface area contributed by atoms with Crippen LogP contribution in [0.2, 0.25) is 0 Å². The van der Waals surface area contributed by atoms with Crippen LogP contribution in [0.1, 0.15) is 18.4 Å². The fourth-order valence-electron chi connectivity index (χ4n) is 3.94. The van der Waals surface area contributed by atoms with Crippen LogP contribution in [-0.2, 0) is 11.3 Å². The Labute approximate surface area is 166 Å². The van der Waals surface area contributed by atoms with E-state index < -0.39 is 0 Å². The number of piperazine rings is 1. The summed E-state index contributed by atoms with van der Waals surface area (Å²) in [6.07, 6.45) is 2.00. The molecule has 2 aliphatic heterocycles. The van der Waals surface area contributed by atoms with Gasteiger partial charge in [-0.2, -0.15) is 0 Å². The molecular formula is C20H30N4O4. The van der Waals surface area contributed by atoms with Crippen molar-refractivity contribution in [1.29, 1.82) is 0 Å². The van der Waals surface area contributed by atoms with Crippen molar-refractivity contribution in [3.8, 4) is 11.5 Å². The van der Waals surface area contributed by atoms with Crippen molar-refractivity contribution in [3.63, 3.8) is 0 Å². The lowest BCUT2D eigenvalue weighted by Crippen LogP contribution is -2.55. The van der Waals surface area contributed by atoms with Gasteiger partial charge in [0, 0.05) is 38.3 Å². The molecular weight excluding hydrogens is 360 g/mol. The van der Waals surface area contributed by atoms with Crippen molar-refractivity contribution in [2.24, 2.45) is 0 Å². The van der Waals surface area contributed by atoms with Crippen LogP contribution in [0.3, 0.4) is 0 Å². The number of para-hydroxylation sites is 1. The topological polar surface area (TPSA) is 74.4 Å². The highest BCUT2D eigenvalue weighted by Crippen LogP contribution is 2.30. The van der Waals surface area contributed by atoms with Gasteiger partial charge < -0.3 is 24.6 Å². The van der Waals surface area contributed by atoms with Gasteiger partial charge in [-0.05, 0) is 32.5 Å². The Morgan fingerprint density at radius 1 is 1.07 bits per heavy atom. The number of hydrogen-bond acceptors (Lipinski definition) is 5. The zero-order chi connectivity index (χ0) is 20.1. The lowest BCUT2D eigenvalue weighted by Gasteiger charge is -2.36. The van der Waals surface area contributed by atoms with E-state index in [1.807, 2.05) is 30.1 Å². The first-order valence-electron chi connectivity index (χ1n) is 9.76. The fourth-order valence-corrected chi connectivity index (χ4v) is 3.94. The Balaban J connectivity index is 1.50. The predicted octanol–water partition coefficient (Wildman–Crippen LogP) is 1.15. The summed E-state index contributed by atoms with van der Waals surface area (Å²) in [7, 11) is 5.18. The second-order valence-electron chi connectivity index (χ2n) is 7.26. The van der Waals surface area contributed by atoms with Gasteiger partial charge in [0.2, 0.25) is 5.91 Å². The standard InChI is InChI=1S/C20H30N4O4/c1-22-9-5-7-16(22)19(25)23-10-12-24(13-11-23)20(26)21-14-15-6-4-8-17(27-2)18(15)28-3/h4,6,8,16H,5,7,9-14H2,1-3H3,(H,21,26). The minimum Gasteiger partial charge on any atom is -0.493 e. The zero-order valence-corrected chi connectivity index (χ0v) is 16.9. The van der Waals surface area contributed by atoms with Crippen LogP contribution >= 0.6 is 0 Å². The van der Waals surface area contributed by atoms with Crippen LogP contribution in [-0.4, -0.2) is 86.7 Å². The normalized spacial score (nSPS) is 20.2. The molecule has 0 aliphatic carbocycles. The Morgan fingerprint density at radius 3 is 2.39 bits per heavy atom. The third-order valence-electron chi connectivity index (χ3n) is 5.60. The van der Waals surface area contributed by atoms with E-state index >= 15 is 0 Å². The molecule has 28 heavy (non-hydrogen) atoms. The molecule has 0 aromatic heterocycles. The maximum atomic E-state index is 12.7. The van der Waals surface area contributed by atoms with Crippen molar-refractivity contribution in [3.05, 3.63) is 23.8 Å². The summed E-state index contributed by atoms with van der Waals surface area (Å²) < 4.78 is 10.7. The second-order valence-corrected chi connectivity index (χ2v) is 7.26. The molecule has 1 aromatic carbocycles. The SMILES string of the molecule is COc1cccc(CNC(=O)N2CCN(C(=O)C3CCCN3C)CC2)c1OC. The van der Waals surface area contributed by atoms with Gasteiger partial charge in [-0.25, -0.2) is 4.79 Å². The lowest BCUT2D eigenvalue weighted by molar-refractivity contribution is -0.137. The number of hydrogen-bond donors (Lipinski definition) is 1. The molecule has 2 heterocycles. The maximum Gasteiger partial charge on any atom is 0.317 e. The van der Waals surface area contributed by atoms with Gasteiger partial charge in [-0.3, -0.25) is 9.69 Å². The van der Waals surface area contributed by atoms with Gasteiger partial charge in [0.25, 0.3) is 0 Å². The Kier molecular flexibility index (Phi) is 6.61. The number of amides is 3. The number of nitrogens with one attached hydrogen (secondary N) is 1. The average molecular weight is 390 g/mol. The smallest absolute Gasteiger partial charge is 0.317 e. The summed E-state index contributed by atoms with van der Waals surface area (Å²) in [6, 6.07) is 5.46. The number of likely N-dealkylation sites (N-methyl/N-ethyl adjacent to an activating group) is 1. The van der Waals surface area contributed by atoms with Crippen LogP contribution < -0.4 is 14.8 Å². The quantitative estimate of drug-likeness (QED) is 0.817. The molecule has 1 N–H and O–H groups in total. The van der Waals surface area contributed by atoms with Gasteiger partial charge in [0.1, 0.15) is 0 Å². The molecule has 1 unspecified atom stereocenters. The van der Waals surface area contributed by atoms with E-state index in [4.69, 9.17) is 9.47 Å². The summed E-state index contributed by atoms with van der Waals surface area (Å²) in [5, 5.41) is 2.94. The van der Waals surface area contributed by atoms with E-state index in [1.165, 1.54) is 0 Å². The van der Waals surface area contributed by atoms with Gasteiger partial charge in [-0.15, -0.1) is 0 Å². The molecule has 2 fully saturated rings. The molecule has 2 aliphatic rings. The molecule has 154 valence electrons. The van der Waals surface area contributed by atoms with Crippen molar-refractivity contribution in [1.82, 2.24) is 20.0 Å². The van der Waals surface area contributed by atoms with Gasteiger partial charge in [0.05, 0.1) is 20.3 Å². The molecule has 0 bridgehead atoms. The van der Waals surface area contributed by atoms with Crippen molar-refractivity contribution >= 4 is 11.9 Å². The largest absolute Gasteiger partial charge is 0.493 e. The molecule has 0 saturated carbocycles. The van der Waals surface area contributed by atoms with Crippen LogP contribution in [0, 0.1) is 0 Å². The molecule has 0 radical (unpaired) electrons. The van der Waals surface area contributed by atoms with Crippen molar-refractivity contribution in [2.45, 2.75) is 25.4 Å². The zero-order valence-electron chi connectivity index (χ0n) is 16.9. The first kappa shape index (κ1) is 20.3. The molecule has 8 heteroatoms. The van der Waals surface area contributed by atoms with E-state index in [2.05, 4.69) is 10.2 Å². The molecule has 8 nitrogen and oxygen atoms in total. The van der Waals surface area contributed by atoms with Gasteiger partial charge in [0.15, 0.2) is 11.5 Å². The number of benzene rings is 1. The highest BCUT2D eigenvalue weighted by atomic mass is 16.5. The monoisotopic (exact) mass is 390 g/mol. The lowest BCUT2D eigenvalue weighted by atomic mass is 10.1. The minimum absolute atomic E-state index is 0.000836.